The van der Waals surface area contributed by atoms with E-state index in [0.717, 1.165) is 5.56 Å². The number of benzene rings is 2. The summed E-state index contributed by atoms with van der Waals surface area (Å²) < 4.78 is 13.1. The number of amides is 1. The summed E-state index contributed by atoms with van der Waals surface area (Å²) in [6.45, 7) is 6.20. The molecule has 2 rings (SSSR count). The maximum absolute atomic E-state index is 13.1. The van der Waals surface area contributed by atoms with E-state index in [0.29, 0.717) is 11.5 Å². The van der Waals surface area contributed by atoms with Crippen molar-refractivity contribution in [2.45, 2.75) is 32.7 Å². The summed E-state index contributed by atoms with van der Waals surface area (Å²) in [5.41, 5.74) is 2.63. The minimum Gasteiger partial charge on any atom is -0.346 e. The van der Waals surface area contributed by atoms with Crippen molar-refractivity contribution in [3.63, 3.8) is 0 Å². The zero-order chi connectivity index (χ0) is 15.4. The average molecular weight is 285 g/mol. The first-order valence-corrected chi connectivity index (χ1v) is 7.13. The van der Waals surface area contributed by atoms with Gasteiger partial charge in [0.2, 0.25) is 0 Å². The number of halogens is 1. The molecule has 0 spiro atoms. The molecule has 110 valence electrons. The van der Waals surface area contributed by atoms with Crippen LogP contribution in [0, 0.1) is 5.82 Å². The molecule has 0 fully saturated rings. The maximum atomic E-state index is 13.1. The van der Waals surface area contributed by atoms with E-state index in [-0.39, 0.29) is 11.9 Å². The van der Waals surface area contributed by atoms with Crippen molar-refractivity contribution in [1.29, 1.82) is 0 Å². The van der Waals surface area contributed by atoms with Gasteiger partial charge in [-0.15, -0.1) is 0 Å². The molecule has 0 aromatic heterocycles. The molecule has 0 saturated heterocycles. The number of nitrogens with one attached hydrogen (secondary N) is 1. The number of carbonyl (C=O) groups excluding carboxylic acids is 1. The van der Waals surface area contributed by atoms with Gasteiger partial charge < -0.3 is 5.32 Å². The van der Waals surface area contributed by atoms with Crippen LogP contribution in [0.1, 0.15) is 54.2 Å². The van der Waals surface area contributed by atoms with Crippen LogP contribution < -0.4 is 5.32 Å². The topological polar surface area (TPSA) is 29.1 Å². The van der Waals surface area contributed by atoms with Gasteiger partial charge in [0.1, 0.15) is 5.82 Å². The molecule has 1 unspecified atom stereocenters. The highest BCUT2D eigenvalue weighted by molar-refractivity contribution is 5.94. The van der Waals surface area contributed by atoms with Gasteiger partial charge in [0.05, 0.1) is 6.04 Å². The smallest absolute Gasteiger partial charge is 0.251 e. The Bertz CT molecular complexity index is 619. The van der Waals surface area contributed by atoms with E-state index in [4.69, 9.17) is 0 Å². The average Bonchev–Trinajstić information content (AvgIpc) is 2.47. The van der Waals surface area contributed by atoms with Gasteiger partial charge in [-0.25, -0.2) is 4.39 Å². The summed E-state index contributed by atoms with van der Waals surface area (Å²) in [5, 5.41) is 2.88. The zero-order valence-electron chi connectivity index (χ0n) is 12.6. The molecule has 1 N–H and O–H groups in total. The third kappa shape index (κ3) is 3.91. The van der Waals surface area contributed by atoms with Crippen molar-refractivity contribution < 1.29 is 9.18 Å². The second kappa shape index (κ2) is 6.53. The quantitative estimate of drug-likeness (QED) is 0.884. The molecule has 2 nitrogen and oxygen atoms in total. The summed E-state index contributed by atoms with van der Waals surface area (Å²) in [6.07, 6.45) is 0. The highest BCUT2D eigenvalue weighted by Crippen LogP contribution is 2.19. The Morgan fingerprint density at radius 1 is 1.00 bits per heavy atom. The van der Waals surface area contributed by atoms with Gasteiger partial charge in [-0.3, -0.25) is 4.79 Å². The monoisotopic (exact) mass is 285 g/mol. The van der Waals surface area contributed by atoms with Crippen molar-refractivity contribution in [2.75, 3.05) is 0 Å². The molecule has 0 bridgehead atoms. The van der Waals surface area contributed by atoms with Gasteiger partial charge in [0, 0.05) is 5.56 Å². The second-order valence-electron chi connectivity index (χ2n) is 5.53. The van der Waals surface area contributed by atoms with Crippen LogP contribution in [0.2, 0.25) is 0 Å². The predicted molar refractivity (Wildman–Crippen MR) is 82.8 cm³/mol. The lowest BCUT2D eigenvalue weighted by Gasteiger charge is -2.15. The van der Waals surface area contributed by atoms with E-state index in [1.807, 2.05) is 19.1 Å². The summed E-state index contributed by atoms with van der Waals surface area (Å²) in [7, 11) is 0. The SMILES string of the molecule is CC(C)c1ccc(C(C)NC(=O)c2cccc(F)c2)cc1. The van der Waals surface area contributed by atoms with Crippen molar-refractivity contribution in [3.8, 4) is 0 Å². The Labute approximate surface area is 125 Å². The molecular formula is C18H20FNO. The van der Waals surface area contributed by atoms with E-state index in [2.05, 4.69) is 31.3 Å². The molecule has 0 saturated carbocycles. The largest absolute Gasteiger partial charge is 0.346 e. The highest BCUT2D eigenvalue weighted by Gasteiger charge is 2.12. The normalized spacial score (nSPS) is 12.2. The van der Waals surface area contributed by atoms with Crippen LogP contribution in [0.15, 0.2) is 48.5 Å². The van der Waals surface area contributed by atoms with E-state index in [1.54, 1.807) is 6.07 Å². The Morgan fingerprint density at radius 2 is 1.62 bits per heavy atom. The molecule has 0 aliphatic heterocycles. The Morgan fingerprint density at radius 3 is 2.19 bits per heavy atom. The lowest BCUT2D eigenvalue weighted by atomic mass is 9.99. The first-order valence-electron chi connectivity index (χ1n) is 7.13. The second-order valence-corrected chi connectivity index (χ2v) is 5.53. The van der Waals surface area contributed by atoms with Crippen molar-refractivity contribution in [1.82, 2.24) is 5.32 Å². The molecule has 0 heterocycles. The lowest BCUT2D eigenvalue weighted by Crippen LogP contribution is -2.26. The molecule has 0 aliphatic carbocycles. The molecule has 0 aliphatic rings. The van der Waals surface area contributed by atoms with Crippen molar-refractivity contribution in [2.24, 2.45) is 0 Å². The van der Waals surface area contributed by atoms with Gasteiger partial charge in [-0.05, 0) is 42.2 Å². The summed E-state index contributed by atoms with van der Waals surface area (Å²) in [5.74, 6) is -0.192. The van der Waals surface area contributed by atoms with Crippen LogP contribution in [0.3, 0.4) is 0 Å². The third-order valence-electron chi connectivity index (χ3n) is 3.54. The maximum Gasteiger partial charge on any atom is 0.251 e. The minimum absolute atomic E-state index is 0.123. The highest BCUT2D eigenvalue weighted by atomic mass is 19.1. The Hall–Kier alpha value is -2.16. The van der Waals surface area contributed by atoms with Crippen molar-refractivity contribution >= 4 is 5.91 Å². The third-order valence-corrected chi connectivity index (χ3v) is 3.54. The number of hydrogen-bond donors (Lipinski definition) is 1. The molecule has 2 aromatic rings. The van der Waals surface area contributed by atoms with E-state index in [9.17, 15) is 9.18 Å². The van der Waals surface area contributed by atoms with Gasteiger partial charge in [-0.1, -0.05) is 44.2 Å². The fraction of sp³-hybridized carbons (Fsp3) is 0.278. The minimum atomic E-state index is -0.406. The Kier molecular flexibility index (Phi) is 4.73. The van der Waals surface area contributed by atoms with Gasteiger partial charge in [-0.2, -0.15) is 0 Å². The van der Waals surface area contributed by atoms with Crippen LogP contribution >= 0.6 is 0 Å². The summed E-state index contributed by atoms with van der Waals surface area (Å²) >= 11 is 0. The lowest BCUT2D eigenvalue weighted by molar-refractivity contribution is 0.0939. The standard InChI is InChI=1S/C18H20FNO/c1-12(2)14-7-9-15(10-8-14)13(3)20-18(21)16-5-4-6-17(19)11-16/h4-13H,1-3H3,(H,20,21). The fourth-order valence-electron chi connectivity index (χ4n) is 2.16. The summed E-state index contributed by atoms with van der Waals surface area (Å²) in [6, 6.07) is 13.8. The summed E-state index contributed by atoms with van der Waals surface area (Å²) in [4.78, 5) is 12.1. The molecule has 1 amide bonds. The number of hydrogen-bond acceptors (Lipinski definition) is 1. The molecular weight excluding hydrogens is 265 g/mol. The first-order chi connectivity index (χ1) is 9.97. The van der Waals surface area contributed by atoms with Gasteiger partial charge in [0.15, 0.2) is 0 Å². The zero-order valence-corrected chi connectivity index (χ0v) is 12.6. The van der Waals surface area contributed by atoms with Crippen LogP contribution in [0.25, 0.3) is 0 Å². The molecule has 3 heteroatoms. The predicted octanol–water partition coefficient (Wildman–Crippen LogP) is 4.44. The molecule has 21 heavy (non-hydrogen) atoms. The van der Waals surface area contributed by atoms with Gasteiger partial charge >= 0.3 is 0 Å². The molecule has 0 radical (unpaired) electrons. The first kappa shape index (κ1) is 15.2. The van der Waals surface area contributed by atoms with E-state index in [1.165, 1.54) is 23.8 Å². The van der Waals surface area contributed by atoms with Crippen LogP contribution in [0.5, 0.6) is 0 Å². The van der Waals surface area contributed by atoms with Crippen LogP contribution in [-0.4, -0.2) is 5.91 Å². The van der Waals surface area contributed by atoms with Crippen LogP contribution in [-0.2, 0) is 0 Å². The van der Waals surface area contributed by atoms with E-state index >= 15 is 0 Å². The van der Waals surface area contributed by atoms with Crippen molar-refractivity contribution in [3.05, 3.63) is 71.0 Å². The fourth-order valence-corrected chi connectivity index (χ4v) is 2.16. The van der Waals surface area contributed by atoms with Crippen LogP contribution in [0.4, 0.5) is 4.39 Å². The number of rotatable bonds is 4. The van der Waals surface area contributed by atoms with E-state index < -0.39 is 5.82 Å². The molecule has 2 aromatic carbocycles. The molecule has 1 atom stereocenters. The number of carbonyl (C=O) groups is 1. The Balaban J connectivity index is 2.07. The van der Waals surface area contributed by atoms with Gasteiger partial charge in [0.25, 0.3) is 5.91 Å².